The molecule has 1 aromatic rings. The zero-order valence-corrected chi connectivity index (χ0v) is 12.0. The van der Waals surface area contributed by atoms with Crippen molar-refractivity contribution in [3.8, 4) is 0 Å². The molecular weight excluding hydrogens is 264 g/mol. The van der Waals surface area contributed by atoms with Crippen molar-refractivity contribution in [1.82, 2.24) is 4.90 Å². The number of amides is 1. The molecule has 0 atom stereocenters. The molecule has 1 heterocycles. The van der Waals surface area contributed by atoms with E-state index in [1.54, 1.807) is 36.2 Å². The number of hydrogen-bond acceptors (Lipinski definition) is 3. The Morgan fingerprint density at radius 3 is 2.74 bits per heavy atom. The molecule has 0 radical (unpaired) electrons. The Bertz CT molecular complexity index is 583. The first-order chi connectivity index (χ1) is 8.95. The van der Waals surface area contributed by atoms with Crippen molar-refractivity contribution in [3.05, 3.63) is 29.8 Å². The van der Waals surface area contributed by atoms with Crippen LogP contribution in [0.2, 0.25) is 0 Å². The molecule has 0 unspecified atom stereocenters. The fraction of sp³-hybridized carbons (Fsp3) is 0.462. The van der Waals surface area contributed by atoms with E-state index in [2.05, 4.69) is 0 Å². The highest BCUT2D eigenvalue weighted by Crippen LogP contribution is 2.25. The number of hydrogen-bond donors (Lipinski definition) is 0. The summed E-state index contributed by atoms with van der Waals surface area (Å²) in [7, 11) is -1.48. The van der Waals surface area contributed by atoms with Crippen LogP contribution in [0.5, 0.6) is 0 Å². The van der Waals surface area contributed by atoms with Crippen LogP contribution in [0.25, 0.3) is 0 Å². The lowest BCUT2D eigenvalue weighted by molar-refractivity contribution is 0.0802. The molecule has 0 aliphatic carbocycles. The van der Waals surface area contributed by atoms with Gasteiger partial charge in [-0.05, 0) is 31.5 Å². The summed E-state index contributed by atoms with van der Waals surface area (Å²) in [5.41, 5.74) is 1.09. The molecule has 0 N–H and O–H groups in total. The largest absolute Gasteiger partial charge is 0.342 e. The number of sulfonamides is 1. The maximum absolute atomic E-state index is 12.1. The van der Waals surface area contributed by atoms with Crippen molar-refractivity contribution in [2.45, 2.75) is 13.3 Å². The number of anilines is 1. The summed E-state index contributed by atoms with van der Waals surface area (Å²) in [5, 5.41) is 0. The van der Waals surface area contributed by atoms with Crippen LogP contribution in [0.1, 0.15) is 23.7 Å². The minimum atomic E-state index is -3.20. The second-order valence-electron chi connectivity index (χ2n) is 4.61. The van der Waals surface area contributed by atoms with Crippen LogP contribution in [-0.4, -0.2) is 45.1 Å². The first kappa shape index (κ1) is 13.9. The lowest BCUT2D eigenvalue weighted by Crippen LogP contribution is -2.28. The average molecular weight is 282 g/mol. The maximum Gasteiger partial charge on any atom is 0.253 e. The Labute approximate surface area is 113 Å². The third kappa shape index (κ3) is 2.73. The van der Waals surface area contributed by atoms with Crippen LogP contribution in [0.4, 0.5) is 5.69 Å². The van der Waals surface area contributed by atoms with E-state index in [0.717, 1.165) is 0 Å². The molecule has 6 heteroatoms. The van der Waals surface area contributed by atoms with Crippen molar-refractivity contribution in [2.75, 3.05) is 30.2 Å². The Morgan fingerprint density at radius 1 is 1.42 bits per heavy atom. The van der Waals surface area contributed by atoms with Gasteiger partial charge in [-0.25, -0.2) is 8.42 Å². The molecule has 0 aromatic heterocycles. The number of nitrogens with zero attached hydrogens (tertiary/aromatic N) is 2. The van der Waals surface area contributed by atoms with Crippen molar-refractivity contribution in [1.29, 1.82) is 0 Å². The zero-order chi connectivity index (χ0) is 14.0. The first-order valence-electron chi connectivity index (χ1n) is 6.31. The van der Waals surface area contributed by atoms with E-state index in [1.165, 1.54) is 4.31 Å². The van der Waals surface area contributed by atoms with E-state index in [4.69, 9.17) is 0 Å². The monoisotopic (exact) mass is 282 g/mol. The van der Waals surface area contributed by atoms with Gasteiger partial charge in [0.05, 0.1) is 11.4 Å². The van der Waals surface area contributed by atoms with Gasteiger partial charge in [0.15, 0.2) is 0 Å². The van der Waals surface area contributed by atoms with Crippen molar-refractivity contribution in [2.24, 2.45) is 0 Å². The summed E-state index contributed by atoms with van der Waals surface area (Å²) in [5.74, 6) is 0.0842. The Balaban J connectivity index is 2.32. The maximum atomic E-state index is 12.1. The van der Waals surface area contributed by atoms with Gasteiger partial charge >= 0.3 is 0 Å². The summed E-state index contributed by atoms with van der Waals surface area (Å²) < 4.78 is 25.1. The molecule has 1 aromatic carbocycles. The standard InChI is InChI=1S/C13H18N2O3S/c1-3-14(2)13(16)11-6-4-7-12(10-11)15-8-5-9-19(15,17)18/h4,6-7,10H,3,5,8-9H2,1-2H3. The van der Waals surface area contributed by atoms with Crippen molar-refractivity contribution < 1.29 is 13.2 Å². The summed E-state index contributed by atoms with van der Waals surface area (Å²) >= 11 is 0. The summed E-state index contributed by atoms with van der Waals surface area (Å²) in [6.45, 7) is 3.00. The van der Waals surface area contributed by atoms with Gasteiger partial charge in [-0.3, -0.25) is 9.10 Å². The molecule has 0 saturated carbocycles. The molecule has 1 fully saturated rings. The number of benzene rings is 1. The molecule has 2 rings (SSSR count). The first-order valence-corrected chi connectivity index (χ1v) is 7.92. The van der Waals surface area contributed by atoms with Crippen LogP contribution >= 0.6 is 0 Å². The molecule has 1 aliphatic heterocycles. The smallest absolute Gasteiger partial charge is 0.253 e. The lowest BCUT2D eigenvalue weighted by atomic mass is 10.1. The number of carbonyl (C=O) groups excluding carboxylic acids is 1. The Hall–Kier alpha value is -1.56. The van der Waals surface area contributed by atoms with Crippen LogP contribution < -0.4 is 4.31 Å². The van der Waals surface area contributed by atoms with Crippen LogP contribution in [-0.2, 0) is 10.0 Å². The van der Waals surface area contributed by atoms with E-state index >= 15 is 0 Å². The van der Waals surface area contributed by atoms with Gasteiger partial charge in [-0.15, -0.1) is 0 Å². The van der Waals surface area contributed by atoms with E-state index in [-0.39, 0.29) is 11.7 Å². The van der Waals surface area contributed by atoms with Gasteiger partial charge in [0, 0.05) is 25.7 Å². The van der Waals surface area contributed by atoms with E-state index in [1.807, 2.05) is 6.92 Å². The molecule has 0 spiro atoms. The third-order valence-electron chi connectivity index (χ3n) is 3.30. The summed E-state index contributed by atoms with van der Waals surface area (Å²) in [4.78, 5) is 13.7. The van der Waals surface area contributed by atoms with Gasteiger partial charge in [0.2, 0.25) is 10.0 Å². The predicted molar refractivity (Wildman–Crippen MR) is 74.8 cm³/mol. The molecule has 1 saturated heterocycles. The van der Waals surface area contributed by atoms with Crippen LogP contribution in [0.15, 0.2) is 24.3 Å². The van der Waals surface area contributed by atoms with Gasteiger partial charge in [0.1, 0.15) is 0 Å². The SMILES string of the molecule is CCN(C)C(=O)c1cccc(N2CCCS2(=O)=O)c1. The number of rotatable bonds is 3. The highest BCUT2D eigenvalue weighted by Gasteiger charge is 2.28. The fourth-order valence-corrected chi connectivity index (χ4v) is 3.64. The van der Waals surface area contributed by atoms with Crippen LogP contribution in [0.3, 0.4) is 0 Å². The van der Waals surface area contributed by atoms with Crippen molar-refractivity contribution in [3.63, 3.8) is 0 Å². The molecule has 1 aliphatic rings. The van der Waals surface area contributed by atoms with E-state index in [0.29, 0.717) is 30.8 Å². The molecule has 1 amide bonds. The lowest BCUT2D eigenvalue weighted by Gasteiger charge is -2.19. The molecule has 5 nitrogen and oxygen atoms in total. The second-order valence-corrected chi connectivity index (χ2v) is 6.62. The van der Waals surface area contributed by atoms with Gasteiger partial charge in [0.25, 0.3) is 5.91 Å². The Morgan fingerprint density at radius 2 is 2.16 bits per heavy atom. The molecule has 19 heavy (non-hydrogen) atoms. The molecule has 0 bridgehead atoms. The fourth-order valence-electron chi connectivity index (χ4n) is 2.09. The predicted octanol–water partition coefficient (Wildman–Crippen LogP) is 1.32. The van der Waals surface area contributed by atoms with Crippen LogP contribution in [0, 0.1) is 0 Å². The third-order valence-corrected chi connectivity index (χ3v) is 5.17. The van der Waals surface area contributed by atoms with E-state index in [9.17, 15) is 13.2 Å². The molecular formula is C13H18N2O3S. The highest BCUT2D eigenvalue weighted by atomic mass is 32.2. The minimum absolute atomic E-state index is 0.0963. The normalized spacial score (nSPS) is 17.5. The van der Waals surface area contributed by atoms with Gasteiger partial charge < -0.3 is 4.90 Å². The summed E-state index contributed by atoms with van der Waals surface area (Å²) in [6, 6.07) is 6.81. The van der Waals surface area contributed by atoms with E-state index < -0.39 is 10.0 Å². The second kappa shape index (κ2) is 5.21. The zero-order valence-electron chi connectivity index (χ0n) is 11.2. The minimum Gasteiger partial charge on any atom is -0.342 e. The Kier molecular flexibility index (Phi) is 3.80. The average Bonchev–Trinajstić information content (AvgIpc) is 2.76. The highest BCUT2D eigenvalue weighted by molar-refractivity contribution is 7.93. The summed E-state index contributed by atoms with van der Waals surface area (Å²) in [6.07, 6.45) is 0.634. The van der Waals surface area contributed by atoms with Gasteiger partial charge in [-0.2, -0.15) is 0 Å². The topological polar surface area (TPSA) is 57.7 Å². The van der Waals surface area contributed by atoms with Crippen molar-refractivity contribution >= 4 is 21.6 Å². The quantitative estimate of drug-likeness (QED) is 0.840. The molecule has 104 valence electrons. The number of carbonyl (C=O) groups is 1. The van der Waals surface area contributed by atoms with Gasteiger partial charge in [-0.1, -0.05) is 6.07 Å².